The molecule has 5 heteroatoms. The van der Waals surface area contributed by atoms with Gasteiger partial charge in [0.15, 0.2) is 0 Å². The molecule has 0 bridgehead atoms. The van der Waals surface area contributed by atoms with Gasteiger partial charge in [-0.1, -0.05) is 60.5 Å². The Balaban J connectivity index is 1.69. The summed E-state index contributed by atoms with van der Waals surface area (Å²) >= 11 is 5.98. The maximum Gasteiger partial charge on any atom is 0.240 e. The molecule has 1 aliphatic heterocycles. The quantitative estimate of drug-likeness (QED) is 0.813. The van der Waals surface area contributed by atoms with Gasteiger partial charge in [0.05, 0.1) is 12.6 Å². The van der Waals surface area contributed by atoms with Crippen LogP contribution in [0.5, 0.6) is 0 Å². The van der Waals surface area contributed by atoms with Gasteiger partial charge < -0.3 is 10.2 Å². The maximum atomic E-state index is 12.7. The highest BCUT2D eigenvalue weighted by atomic mass is 35.5. The summed E-state index contributed by atoms with van der Waals surface area (Å²) in [5, 5.41) is 3.81. The standard InChI is InChI=1S/C22H25ClN2O2/c23-19-12-10-17(11-13-19)15-20(18-7-3-1-4-8-18)24-21(26)16-25-14-6-2-5-9-22(25)27/h1,3-4,7-8,10-13,20H,2,5-6,9,14-16H2,(H,24,26). The Kier molecular flexibility index (Phi) is 6.88. The summed E-state index contributed by atoms with van der Waals surface area (Å²) in [6.07, 6.45) is 4.14. The van der Waals surface area contributed by atoms with Crippen LogP contribution in [0.25, 0.3) is 0 Å². The Morgan fingerprint density at radius 1 is 1.04 bits per heavy atom. The van der Waals surface area contributed by atoms with Crippen molar-refractivity contribution in [1.82, 2.24) is 10.2 Å². The summed E-state index contributed by atoms with van der Waals surface area (Å²) in [6.45, 7) is 0.794. The third-order valence-electron chi connectivity index (χ3n) is 4.90. The fourth-order valence-electron chi connectivity index (χ4n) is 3.41. The molecule has 1 atom stereocenters. The molecule has 2 amide bonds. The molecule has 0 saturated carbocycles. The fraction of sp³-hybridized carbons (Fsp3) is 0.364. The van der Waals surface area contributed by atoms with Crippen LogP contribution >= 0.6 is 11.6 Å². The van der Waals surface area contributed by atoms with E-state index in [1.165, 1.54) is 0 Å². The number of nitrogens with one attached hydrogen (secondary N) is 1. The van der Waals surface area contributed by atoms with Gasteiger partial charge in [-0.2, -0.15) is 0 Å². The average molecular weight is 385 g/mol. The number of carbonyl (C=O) groups excluding carboxylic acids is 2. The minimum atomic E-state index is -0.151. The molecular formula is C22H25ClN2O2. The number of hydrogen-bond acceptors (Lipinski definition) is 2. The van der Waals surface area contributed by atoms with E-state index < -0.39 is 0 Å². The first kappa shape index (κ1) is 19.4. The summed E-state index contributed by atoms with van der Waals surface area (Å²) < 4.78 is 0. The van der Waals surface area contributed by atoms with E-state index in [1.54, 1.807) is 4.90 Å². The fourth-order valence-corrected chi connectivity index (χ4v) is 3.54. The molecule has 1 unspecified atom stereocenters. The molecule has 2 aromatic rings. The lowest BCUT2D eigenvalue weighted by Gasteiger charge is -2.24. The van der Waals surface area contributed by atoms with Crippen LogP contribution < -0.4 is 5.32 Å². The Bertz CT molecular complexity index is 762. The zero-order valence-corrected chi connectivity index (χ0v) is 16.1. The van der Waals surface area contributed by atoms with Gasteiger partial charge in [0.2, 0.25) is 11.8 Å². The molecule has 1 heterocycles. The topological polar surface area (TPSA) is 49.4 Å². The number of nitrogens with zero attached hydrogens (tertiary/aromatic N) is 1. The number of carbonyl (C=O) groups is 2. The zero-order valence-electron chi connectivity index (χ0n) is 15.4. The zero-order chi connectivity index (χ0) is 19.1. The lowest BCUT2D eigenvalue weighted by molar-refractivity contribution is -0.135. The van der Waals surface area contributed by atoms with Crippen molar-refractivity contribution in [3.63, 3.8) is 0 Å². The third kappa shape index (κ3) is 5.83. The Hall–Kier alpha value is -2.33. The van der Waals surface area contributed by atoms with Crippen molar-refractivity contribution in [2.75, 3.05) is 13.1 Å². The number of halogens is 1. The van der Waals surface area contributed by atoms with Gasteiger partial charge in [-0.15, -0.1) is 0 Å². The van der Waals surface area contributed by atoms with Crippen molar-refractivity contribution < 1.29 is 9.59 Å². The van der Waals surface area contributed by atoms with Gasteiger partial charge in [-0.3, -0.25) is 9.59 Å². The van der Waals surface area contributed by atoms with E-state index in [1.807, 2.05) is 54.6 Å². The second-order valence-corrected chi connectivity index (χ2v) is 7.42. The molecule has 0 aliphatic carbocycles. The molecule has 0 radical (unpaired) electrons. The lowest BCUT2D eigenvalue weighted by atomic mass is 9.99. The van der Waals surface area contributed by atoms with E-state index in [9.17, 15) is 9.59 Å². The molecule has 1 saturated heterocycles. The van der Waals surface area contributed by atoms with Gasteiger partial charge in [-0.05, 0) is 42.5 Å². The lowest BCUT2D eigenvalue weighted by Crippen LogP contribution is -2.42. The molecule has 1 fully saturated rings. The average Bonchev–Trinajstić information content (AvgIpc) is 2.88. The van der Waals surface area contributed by atoms with E-state index in [0.29, 0.717) is 24.4 Å². The minimum absolute atomic E-state index is 0.0802. The third-order valence-corrected chi connectivity index (χ3v) is 5.15. The molecule has 1 N–H and O–H groups in total. The van der Waals surface area contributed by atoms with E-state index in [-0.39, 0.29) is 24.4 Å². The highest BCUT2D eigenvalue weighted by Crippen LogP contribution is 2.20. The van der Waals surface area contributed by atoms with Crippen molar-refractivity contribution in [3.05, 3.63) is 70.7 Å². The summed E-state index contributed by atoms with van der Waals surface area (Å²) in [7, 11) is 0. The Morgan fingerprint density at radius 2 is 1.78 bits per heavy atom. The highest BCUT2D eigenvalue weighted by molar-refractivity contribution is 6.30. The summed E-state index contributed by atoms with van der Waals surface area (Å²) in [5.41, 5.74) is 2.14. The van der Waals surface area contributed by atoms with E-state index in [4.69, 9.17) is 11.6 Å². The number of hydrogen-bond donors (Lipinski definition) is 1. The second-order valence-electron chi connectivity index (χ2n) is 6.99. The van der Waals surface area contributed by atoms with Crippen LogP contribution in [0.2, 0.25) is 5.02 Å². The molecule has 1 aliphatic rings. The molecule has 3 rings (SSSR count). The van der Waals surface area contributed by atoms with E-state index in [2.05, 4.69) is 5.32 Å². The first-order valence-corrected chi connectivity index (χ1v) is 9.86. The van der Waals surface area contributed by atoms with Crippen LogP contribution in [0, 0.1) is 0 Å². The van der Waals surface area contributed by atoms with Gasteiger partial charge in [0.25, 0.3) is 0 Å². The number of rotatable bonds is 6. The minimum Gasteiger partial charge on any atom is -0.347 e. The van der Waals surface area contributed by atoms with Crippen molar-refractivity contribution in [3.8, 4) is 0 Å². The first-order valence-electron chi connectivity index (χ1n) is 9.48. The van der Waals surface area contributed by atoms with Crippen molar-refractivity contribution >= 4 is 23.4 Å². The van der Waals surface area contributed by atoms with Crippen LogP contribution in [-0.2, 0) is 16.0 Å². The monoisotopic (exact) mass is 384 g/mol. The van der Waals surface area contributed by atoms with Crippen LogP contribution in [-0.4, -0.2) is 29.8 Å². The van der Waals surface area contributed by atoms with Crippen molar-refractivity contribution in [1.29, 1.82) is 0 Å². The molecule has 0 spiro atoms. The Morgan fingerprint density at radius 3 is 2.52 bits per heavy atom. The van der Waals surface area contributed by atoms with Crippen LogP contribution in [0.3, 0.4) is 0 Å². The Labute approximate surface area is 165 Å². The maximum absolute atomic E-state index is 12.7. The molecule has 4 nitrogen and oxygen atoms in total. The first-order chi connectivity index (χ1) is 13.1. The van der Waals surface area contributed by atoms with Gasteiger partial charge in [0.1, 0.15) is 0 Å². The summed E-state index contributed by atoms with van der Waals surface area (Å²) in [5.74, 6) is -0.0373. The molecule has 27 heavy (non-hydrogen) atoms. The van der Waals surface area contributed by atoms with E-state index in [0.717, 1.165) is 30.4 Å². The molecular weight excluding hydrogens is 360 g/mol. The number of likely N-dealkylation sites (tertiary alicyclic amines) is 1. The van der Waals surface area contributed by atoms with Gasteiger partial charge >= 0.3 is 0 Å². The predicted octanol–water partition coefficient (Wildman–Crippen LogP) is 4.14. The molecule has 2 aromatic carbocycles. The van der Waals surface area contributed by atoms with E-state index >= 15 is 0 Å². The summed E-state index contributed by atoms with van der Waals surface area (Å²) in [4.78, 5) is 26.5. The van der Waals surface area contributed by atoms with Crippen molar-refractivity contribution in [2.24, 2.45) is 0 Å². The van der Waals surface area contributed by atoms with Crippen LogP contribution in [0.1, 0.15) is 42.9 Å². The number of amides is 2. The SMILES string of the molecule is O=C(CN1CCCCCC1=O)NC(Cc1ccc(Cl)cc1)c1ccccc1. The smallest absolute Gasteiger partial charge is 0.240 e. The molecule has 0 aromatic heterocycles. The predicted molar refractivity (Wildman–Crippen MR) is 108 cm³/mol. The van der Waals surface area contributed by atoms with Crippen molar-refractivity contribution in [2.45, 2.75) is 38.1 Å². The van der Waals surface area contributed by atoms with Crippen LogP contribution in [0.15, 0.2) is 54.6 Å². The molecule has 142 valence electrons. The largest absolute Gasteiger partial charge is 0.347 e. The number of benzene rings is 2. The second kappa shape index (κ2) is 9.56. The summed E-state index contributed by atoms with van der Waals surface area (Å²) in [6, 6.07) is 17.4. The normalized spacial score (nSPS) is 15.9. The highest BCUT2D eigenvalue weighted by Gasteiger charge is 2.21. The van der Waals surface area contributed by atoms with Crippen LogP contribution in [0.4, 0.5) is 0 Å². The van der Waals surface area contributed by atoms with Gasteiger partial charge in [-0.25, -0.2) is 0 Å². The van der Waals surface area contributed by atoms with Gasteiger partial charge in [0, 0.05) is 18.0 Å².